The van der Waals surface area contributed by atoms with Gasteiger partial charge in [0.25, 0.3) is 0 Å². The van der Waals surface area contributed by atoms with Crippen LogP contribution in [-0.4, -0.2) is 26.1 Å². The van der Waals surface area contributed by atoms with Gasteiger partial charge in [0.15, 0.2) is 5.13 Å². The van der Waals surface area contributed by atoms with E-state index in [2.05, 4.69) is 40.9 Å². The molecule has 3 aromatic rings. The Bertz CT molecular complexity index is 947. The van der Waals surface area contributed by atoms with Crippen molar-refractivity contribution in [2.45, 2.75) is 44.0 Å². The number of carbonyl (C=O) groups is 1. The van der Waals surface area contributed by atoms with Crippen molar-refractivity contribution in [1.29, 1.82) is 0 Å². The number of anilines is 2. The van der Waals surface area contributed by atoms with E-state index in [1.54, 1.807) is 18.2 Å². The lowest BCUT2D eigenvalue weighted by Crippen LogP contribution is -2.23. The SMILES string of the molecule is CC(=O)N(c1nc(CSc2n[nH]c(C(C)(C)C)n2)cs1)c1ccccc1F. The molecule has 0 aliphatic rings. The Labute approximate surface area is 165 Å². The average Bonchev–Trinajstić information content (AvgIpc) is 3.24. The van der Waals surface area contributed by atoms with E-state index in [9.17, 15) is 9.18 Å². The van der Waals surface area contributed by atoms with Gasteiger partial charge in [-0.3, -0.25) is 14.8 Å². The number of hydrogen-bond acceptors (Lipinski definition) is 6. The molecular formula is C18H20FN5OS2. The number of nitrogens with one attached hydrogen (secondary N) is 1. The van der Waals surface area contributed by atoms with Crippen molar-refractivity contribution in [3.8, 4) is 0 Å². The van der Waals surface area contributed by atoms with Crippen molar-refractivity contribution >= 4 is 39.8 Å². The van der Waals surface area contributed by atoms with Gasteiger partial charge >= 0.3 is 0 Å². The molecule has 2 heterocycles. The molecule has 2 aromatic heterocycles. The van der Waals surface area contributed by atoms with Crippen LogP contribution in [0.3, 0.4) is 0 Å². The van der Waals surface area contributed by atoms with Crippen LogP contribution in [0.25, 0.3) is 0 Å². The first-order chi connectivity index (χ1) is 12.8. The van der Waals surface area contributed by atoms with Gasteiger partial charge in [0, 0.05) is 23.5 Å². The van der Waals surface area contributed by atoms with Crippen LogP contribution in [0, 0.1) is 5.82 Å². The number of thioether (sulfide) groups is 1. The minimum Gasteiger partial charge on any atom is -0.274 e. The molecule has 0 fully saturated rings. The average molecular weight is 406 g/mol. The smallest absolute Gasteiger partial charge is 0.230 e. The third-order valence-electron chi connectivity index (χ3n) is 3.66. The number of benzene rings is 1. The van der Waals surface area contributed by atoms with E-state index < -0.39 is 5.82 Å². The zero-order valence-electron chi connectivity index (χ0n) is 15.5. The van der Waals surface area contributed by atoms with Gasteiger partial charge in [-0.2, -0.15) is 0 Å². The lowest BCUT2D eigenvalue weighted by atomic mass is 9.96. The molecule has 0 bridgehead atoms. The Morgan fingerprint density at radius 3 is 2.67 bits per heavy atom. The normalized spacial score (nSPS) is 11.6. The van der Waals surface area contributed by atoms with Crippen molar-refractivity contribution in [3.63, 3.8) is 0 Å². The van der Waals surface area contributed by atoms with E-state index in [1.165, 1.54) is 41.0 Å². The third-order valence-corrected chi connectivity index (χ3v) is 5.42. The van der Waals surface area contributed by atoms with E-state index in [0.717, 1.165) is 11.5 Å². The predicted molar refractivity (Wildman–Crippen MR) is 106 cm³/mol. The summed E-state index contributed by atoms with van der Waals surface area (Å²) in [5, 5.41) is 10.1. The van der Waals surface area contributed by atoms with Crippen LogP contribution >= 0.6 is 23.1 Å². The van der Waals surface area contributed by atoms with Gasteiger partial charge in [0.2, 0.25) is 11.1 Å². The van der Waals surface area contributed by atoms with E-state index in [4.69, 9.17) is 0 Å². The van der Waals surface area contributed by atoms with Crippen molar-refractivity contribution in [2.24, 2.45) is 0 Å². The Hall–Kier alpha value is -2.26. The van der Waals surface area contributed by atoms with Crippen LogP contribution in [0.4, 0.5) is 15.2 Å². The first-order valence-electron chi connectivity index (χ1n) is 8.31. The maximum absolute atomic E-state index is 14.1. The van der Waals surface area contributed by atoms with Gasteiger partial charge in [-0.1, -0.05) is 44.7 Å². The molecule has 1 amide bonds. The first-order valence-corrected chi connectivity index (χ1v) is 10.2. The Balaban J connectivity index is 1.74. The molecule has 6 nitrogen and oxygen atoms in total. The number of aromatic amines is 1. The Kier molecular flexibility index (Phi) is 5.61. The maximum Gasteiger partial charge on any atom is 0.230 e. The molecule has 0 atom stereocenters. The van der Waals surface area contributed by atoms with Crippen molar-refractivity contribution in [1.82, 2.24) is 20.2 Å². The fraction of sp³-hybridized carbons (Fsp3) is 0.333. The number of para-hydroxylation sites is 1. The number of rotatable bonds is 5. The number of halogens is 1. The lowest BCUT2D eigenvalue weighted by Gasteiger charge is -2.18. The fourth-order valence-corrected chi connectivity index (χ4v) is 3.97. The molecule has 0 aliphatic heterocycles. The molecule has 9 heteroatoms. The van der Waals surface area contributed by atoms with E-state index >= 15 is 0 Å². The minimum absolute atomic E-state index is 0.0959. The summed E-state index contributed by atoms with van der Waals surface area (Å²) in [4.78, 5) is 22.3. The minimum atomic E-state index is -0.464. The van der Waals surface area contributed by atoms with Crippen molar-refractivity contribution in [3.05, 3.63) is 47.0 Å². The quantitative estimate of drug-likeness (QED) is 0.624. The molecule has 0 radical (unpaired) electrons. The summed E-state index contributed by atoms with van der Waals surface area (Å²) >= 11 is 2.76. The summed E-state index contributed by atoms with van der Waals surface area (Å²) in [6.45, 7) is 7.58. The molecule has 1 N–H and O–H groups in total. The number of hydrogen-bond donors (Lipinski definition) is 1. The Morgan fingerprint density at radius 2 is 2.04 bits per heavy atom. The highest BCUT2D eigenvalue weighted by Crippen LogP contribution is 2.32. The zero-order valence-corrected chi connectivity index (χ0v) is 17.1. The van der Waals surface area contributed by atoms with Gasteiger partial charge in [-0.15, -0.1) is 16.4 Å². The largest absolute Gasteiger partial charge is 0.274 e. The number of thiazole rings is 1. The predicted octanol–water partition coefficient (Wildman–Crippen LogP) is 4.67. The van der Waals surface area contributed by atoms with Crippen LogP contribution in [0.2, 0.25) is 0 Å². The maximum atomic E-state index is 14.1. The summed E-state index contributed by atoms with van der Waals surface area (Å²) in [7, 11) is 0. The summed E-state index contributed by atoms with van der Waals surface area (Å²) in [6, 6.07) is 6.17. The van der Waals surface area contributed by atoms with Crippen LogP contribution in [-0.2, 0) is 16.0 Å². The van der Waals surface area contributed by atoms with Gasteiger partial charge < -0.3 is 0 Å². The fourth-order valence-electron chi connectivity index (χ4n) is 2.29. The van der Waals surface area contributed by atoms with Crippen LogP contribution in [0.5, 0.6) is 0 Å². The van der Waals surface area contributed by atoms with E-state index in [-0.39, 0.29) is 17.0 Å². The molecule has 27 heavy (non-hydrogen) atoms. The highest BCUT2D eigenvalue weighted by atomic mass is 32.2. The third kappa shape index (κ3) is 4.54. The number of carbonyl (C=O) groups excluding carboxylic acids is 1. The van der Waals surface area contributed by atoms with E-state index in [0.29, 0.717) is 16.0 Å². The molecular weight excluding hydrogens is 385 g/mol. The first kappa shape index (κ1) is 19.5. The van der Waals surface area contributed by atoms with Gasteiger partial charge in [-0.25, -0.2) is 14.4 Å². The number of H-pyrrole nitrogens is 1. The summed E-state index contributed by atoms with van der Waals surface area (Å²) in [5.74, 6) is 0.624. The second kappa shape index (κ2) is 7.77. The van der Waals surface area contributed by atoms with Crippen LogP contribution in [0.15, 0.2) is 34.8 Å². The molecule has 1 aromatic carbocycles. The molecule has 0 spiro atoms. The standard InChI is InChI=1S/C18H20FN5OS2/c1-11(25)24(14-8-6-5-7-13(14)19)17-20-12(10-27-17)9-26-16-21-15(22-23-16)18(2,3)4/h5-8,10H,9H2,1-4H3,(H,21,22,23). The van der Waals surface area contributed by atoms with Crippen molar-refractivity contribution in [2.75, 3.05) is 4.90 Å². The monoisotopic (exact) mass is 405 g/mol. The number of nitrogens with zero attached hydrogens (tertiary/aromatic N) is 4. The van der Waals surface area contributed by atoms with Gasteiger partial charge in [0.1, 0.15) is 11.6 Å². The van der Waals surface area contributed by atoms with E-state index in [1.807, 2.05) is 5.38 Å². The molecule has 142 valence electrons. The second-order valence-corrected chi connectivity index (χ2v) is 8.71. The number of amides is 1. The summed E-state index contributed by atoms with van der Waals surface area (Å²) < 4.78 is 14.1. The summed E-state index contributed by atoms with van der Waals surface area (Å²) in [6.07, 6.45) is 0. The van der Waals surface area contributed by atoms with Crippen molar-refractivity contribution < 1.29 is 9.18 Å². The highest BCUT2D eigenvalue weighted by molar-refractivity contribution is 7.98. The Morgan fingerprint density at radius 1 is 1.30 bits per heavy atom. The highest BCUT2D eigenvalue weighted by Gasteiger charge is 2.22. The second-order valence-electron chi connectivity index (χ2n) is 6.93. The van der Waals surface area contributed by atoms with Crippen LogP contribution in [0.1, 0.15) is 39.2 Å². The van der Waals surface area contributed by atoms with Gasteiger partial charge in [0.05, 0.1) is 11.4 Å². The summed E-state index contributed by atoms with van der Waals surface area (Å²) in [5.41, 5.74) is 0.883. The molecule has 0 saturated heterocycles. The van der Waals surface area contributed by atoms with Crippen LogP contribution < -0.4 is 4.90 Å². The molecule has 0 saturated carbocycles. The number of aromatic nitrogens is 4. The van der Waals surface area contributed by atoms with Gasteiger partial charge in [-0.05, 0) is 12.1 Å². The zero-order chi connectivity index (χ0) is 19.6. The molecule has 0 unspecified atom stereocenters. The molecule has 0 aliphatic carbocycles. The lowest BCUT2D eigenvalue weighted by molar-refractivity contribution is -0.115. The topological polar surface area (TPSA) is 74.8 Å². The molecule has 3 rings (SSSR count).